The van der Waals surface area contributed by atoms with Crippen LogP contribution in [0.2, 0.25) is 0 Å². The minimum Gasteiger partial charge on any atom is -0.455 e. The molecule has 2 saturated heterocycles. The average Bonchev–Trinajstić information content (AvgIpc) is 3.07. The van der Waals surface area contributed by atoms with Gasteiger partial charge in [0, 0.05) is 18.8 Å². The molecule has 2 aliphatic rings. The second kappa shape index (κ2) is 11.4. The van der Waals surface area contributed by atoms with Crippen LogP contribution in [0.3, 0.4) is 0 Å². The highest BCUT2D eigenvalue weighted by Crippen LogP contribution is 2.35. The van der Waals surface area contributed by atoms with Crippen LogP contribution in [0.5, 0.6) is 0 Å². The van der Waals surface area contributed by atoms with E-state index >= 15 is 0 Å². The molecule has 2 amide bonds. The first-order valence-electron chi connectivity index (χ1n) is 12.2. The van der Waals surface area contributed by atoms with Crippen molar-refractivity contribution < 1.29 is 38.1 Å². The molecule has 0 aromatic heterocycles. The Hall–Kier alpha value is -2.60. The van der Waals surface area contributed by atoms with Gasteiger partial charge in [-0.25, -0.2) is 9.69 Å². The molecule has 9 heteroatoms. The Morgan fingerprint density at radius 1 is 1.09 bits per heavy atom. The van der Waals surface area contributed by atoms with E-state index in [1.165, 1.54) is 0 Å². The number of fused-ring (bicyclic) bond motifs is 1. The molecule has 35 heavy (non-hydrogen) atoms. The summed E-state index contributed by atoms with van der Waals surface area (Å²) in [6, 6.07) is -1.09. The van der Waals surface area contributed by atoms with Crippen LogP contribution in [0.4, 0.5) is 4.79 Å². The van der Waals surface area contributed by atoms with Gasteiger partial charge in [0.15, 0.2) is 12.2 Å². The smallest absolute Gasteiger partial charge is 0.419 e. The number of unbranched alkanes of at least 4 members (excludes halogenated alkanes) is 2. The summed E-state index contributed by atoms with van der Waals surface area (Å²) in [5.41, 5.74) is -1.69. The zero-order valence-electron chi connectivity index (χ0n) is 22.1. The lowest BCUT2D eigenvalue weighted by Gasteiger charge is -2.40. The van der Waals surface area contributed by atoms with E-state index in [2.05, 4.69) is 18.8 Å². The summed E-state index contributed by atoms with van der Waals surface area (Å²) in [6.45, 7) is 13.8. The van der Waals surface area contributed by atoms with Crippen LogP contribution in [0.15, 0.2) is 0 Å². The standard InChI is InChI=1S/C26H39NO8/c1-9-10-11-12-13-16(2)14-18(28)27-19-20(34-23(30)26(6,7)8)17(33-22(29)25(3,4)5)15-32-21(19)35-24(27)31/h16-17,19-21H,9-11,14-15H2,1-8H3/t16?,17-,19+,20-,21+/m1/s1. The second-order valence-electron chi connectivity index (χ2n) is 11.2. The van der Waals surface area contributed by atoms with E-state index in [0.29, 0.717) is 0 Å². The van der Waals surface area contributed by atoms with Gasteiger partial charge >= 0.3 is 18.0 Å². The van der Waals surface area contributed by atoms with Crippen molar-refractivity contribution in [3.05, 3.63) is 0 Å². The fraction of sp³-hybridized carbons (Fsp3) is 0.769. The molecule has 0 aliphatic carbocycles. The van der Waals surface area contributed by atoms with Gasteiger partial charge in [0.25, 0.3) is 0 Å². The summed E-state index contributed by atoms with van der Waals surface area (Å²) in [5, 5.41) is 0. The van der Waals surface area contributed by atoms with Crippen molar-refractivity contribution in [2.45, 2.75) is 106 Å². The molecule has 0 radical (unpaired) electrons. The highest BCUT2D eigenvalue weighted by molar-refractivity contribution is 5.94. The SMILES string of the molecule is CCCCC#CC(C)CC(=O)N1C(=O)O[C@@H]2OC[C@@H](OC(=O)C(C)(C)C)[C@@H](OC(=O)C(C)(C)C)[C@@H]21. The number of carbonyl (C=O) groups is 4. The lowest BCUT2D eigenvalue weighted by Crippen LogP contribution is -2.61. The van der Waals surface area contributed by atoms with E-state index in [1.54, 1.807) is 48.5 Å². The molecular weight excluding hydrogens is 454 g/mol. The van der Waals surface area contributed by atoms with Gasteiger partial charge in [-0.15, -0.1) is 5.92 Å². The minimum absolute atomic E-state index is 0.0240. The summed E-state index contributed by atoms with van der Waals surface area (Å²) in [4.78, 5) is 52.2. The molecule has 1 unspecified atom stereocenters. The van der Waals surface area contributed by atoms with E-state index in [0.717, 1.165) is 24.2 Å². The predicted octanol–water partition coefficient (Wildman–Crippen LogP) is 3.83. The summed E-state index contributed by atoms with van der Waals surface area (Å²) in [5.74, 6) is 4.18. The summed E-state index contributed by atoms with van der Waals surface area (Å²) < 4.78 is 22.3. The Labute approximate surface area is 208 Å². The van der Waals surface area contributed by atoms with E-state index in [9.17, 15) is 19.2 Å². The maximum atomic E-state index is 13.2. The molecule has 0 aromatic carbocycles. The number of carbonyl (C=O) groups excluding carboxylic acids is 4. The number of esters is 2. The summed E-state index contributed by atoms with van der Waals surface area (Å²) in [6.07, 6.45) is -1.48. The van der Waals surface area contributed by atoms with Crippen LogP contribution in [-0.4, -0.2) is 60.0 Å². The molecule has 2 aliphatic heterocycles. The molecule has 2 heterocycles. The molecule has 9 nitrogen and oxygen atoms in total. The normalized spacial score (nSPS) is 25.0. The maximum absolute atomic E-state index is 13.2. The topological polar surface area (TPSA) is 108 Å². The Balaban J connectivity index is 2.31. The van der Waals surface area contributed by atoms with E-state index in [4.69, 9.17) is 18.9 Å². The van der Waals surface area contributed by atoms with Crippen molar-refractivity contribution in [3.63, 3.8) is 0 Å². The Bertz CT molecular complexity index is 872. The zero-order valence-corrected chi connectivity index (χ0v) is 22.1. The third kappa shape index (κ3) is 7.44. The zero-order chi connectivity index (χ0) is 26.6. The molecule has 196 valence electrons. The third-order valence-electron chi connectivity index (χ3n) is 5.60. The average molecular weight is 494 g/mol. The van der Waals surface area contributed by atoms with Crippen molar-refractivity contribution in [1.29, 1.82) is 0 Å². The van der Waals surface area contributed by atoms with E-state index < -0.39 is 59.3 Å². The van der Waals surface area contributed by atoms with Crippen LogP contribution >= 0.6 is 0 Å². The summed E-state index contributed by atoms with van der Waals surface area (Å²) in [7, 11) is 0. The molecule has 2 rings (SSSR count). The fourth-order valence-corrected chi connectivity index (χ4v) is 3.46. The lowest BCUT2D eigenvalue weighted by atomic mass is 9.94. The van der Waals surface area contributed by atoms with Crippen LogP contribution in [0.1, 0.15) is 81.1 Å². The first kappa shape index (κ1) is 28.6. The van der Waals surface area contributed by atoms with Crippen molar-refractivity contribution in [2.24, 2.45) is 16.7 Å². The third-order valence-corrected chi connectivity index (χ3v) is 5.60. The van der Waals surface area contributed by atoms with Crippen molar-refractivity contribution >= 4 is 23.9 Å². The van der Waals surface area contributed by atoms with Crippen molar-refractivity contribution in [1.82, 2.24) is 4.90 Å². The van der Waals surface area contributed by atoms with Gasteiger partial charge in [-0.3, -0.25) is 14.4 Å². The number of rotatable bonds is 6. The Morgan fingerprint density at radius 3 is 2.26 bits per heavy atom. The Kier molecular flexibility index (Phi) is 9.35. The van der Waals surface area contributed by atoms with Gasteiger partial charge in [0.2, 0.25) is 12.2 Å². The lowest BCUT2D eigenvalue weighted by molar-refractivity contribution is -0.227. The number of amides is 2. The highest BCUT2D eigenvalue weighted by atomic mass is 16.7. The van der Waals surface area contributed by atoms with Crippen molar-refractivity contribution in [3.8, 4) is 11.8 Å². The van der Waals surface area contributed by atoms with Crippen LogP contribution in [0.25, 0.3) is 0 Å². The number of imide groups is 1. The molecule has 5 atom stereocenters. The fourth-order valence-electron chi connectivity index (χ4n) is 3.46. The van der Waals surface area contributed by atoms with Gasteiger partial charge in [-0.2, -0.15) is 0 Å². The van der Waals surface area contributed by atoms with Crippen molar-refractivity contribution in [2.75, 3.05) is 6.61 Å². The van der Waals surface area contributed by atoms with Crippen LogP contribution in [-0.2, 0) is 33.3 Å². The van der Waals surface area contributed by atoms with Gasteiger partial charge in [0.1, 0.15) is 6.04 Å². The monoisotopic (exact) mass is 493 g/mol. The Morgan fingerprint density at radius 2 is 1.69 bits per heavy atom. The molecule has 0 saturated carbocycles. The first-order valence-corrected chi connectivity index (χ1v) is 12.2. The number of hydrogen-bond acceptors (Lipinski definition) is 8. The van der Waals surface area contributed by atoms with Gasteiger partial charge < -0.3 is 18.9 Å². The minimum atomic E-state index is -1.15. The molecule has 0 aromatic rings. The molecule has 0 bridgehead atoms. The number of ether oxygens (including phenoxy) is 4. The van der Waals surface area contributed by atoms with Crippen LogP contribution < -0.4 is 0 Å². The predicted molar refractivity (Wildman–Crippen MR) is 127 cm³/mol. The van der Waals surface area contributed by atoms with Gasteiger partial charge in [-0.05, 0) is 48.0 Å². The maximum Gasteiger partial charge on any atom is 0.419 e. The van der Waals surface area contributed by atoms with E-state index in [1.807, 2.05) is 0 Å². The second-order valence-corrected chi connectivity index (χ2v) is 11.2. The number of nitrogens with zero attached hydrogens (tertiary/aromatic N) is 1. The highest BCUT2D eigenvalue weighted by Gasteiger charge is 2.58. The molecule has 0 spiro atoms. The van der Waals surface area contributed by atoms with Gasteiger partial charge in [0.05, 0.1) is 17.4 Å². The summed E-state index contributed by atoms with van der Waals surface area (Å²) >= 11 is 0. The molecule has 0 N–H and O–H groups in total. The first-order chi connectivity index (χ1) is 16.2. The molecule has 2 fully saturated rings. The molecular formula is C26H39NO8. The number of hydrogen-bond donors (Lipinski definition) is 0. The van der Waals surface area contributed by atoms with Gasteiger partial charge in [-0.1, -0.05) is 26.2 Å². The quantitative estimate of drug-likeness (QED) is 0.238. The van der Waals surface area contributed by atoms with E-state index in [-0.39, 0.29) is 18.9 Å². The van der Waals surface area contributed by atoms with Crippen LogP contribution in [0, 0.1) is 28.6 Å². The largest absolute Gasteiger partial charge is 0.455 e.